The molecule has 1 aromatic rings. The fourth-order valence-corrected chi connectivity index (χ4v) is 1.93. The van der Waals surface area contributed by atoms with Crippen molar-refractivity contribution in [3.8, 4) is 0 Å². The molecule has 0 fully saturated rings. The van der Waals surface area contributed by atoms with Gasteiger partial charge in [-0.25, -0.2) is 0 Å². The van der Waals surface area contributed by atoms with Crippen LogP contribution in [0.15, 0.2) is 18.2 Å². The van der Waals surface area contributed by atoms with Gasteiger partial charge in [-0.15, -0.1) is 0 Å². The highest BCUT2D eigenvalue weighted by molar-refractivity contribution is 5.61. The molecular weight excluding hydrogens is 268 g/mol. The Morgan fingerprint density at radius 1 is 1.00 bits per heavy atom. The highest BCUT2D eigenvalue weighted by Gasteiger charge is 2.01. The lowest BCUT2D eigenvalue weighted by Gasteiger charge is -2.17. The van der Waals surface area contributed by atoms with E-state index in [0.29, 0.717) is 33.0 Å². The van der Waals surface area contributed by atoms with E-state index in [4.69, 9.17) is 14.2 Å². The molecule has 21 heavy (non-hydrogen) atoms. The summed E-state index contributed by atoms with van der Waals surface area (Å²) in [7, 11) is 5.77. The summed E-state index contributed by atoms with van der Waals surface area (Å²) >= 11 is 0. The molecule has 120 valence electrons. The van der Waals surface area contributed by atoms with Gasteiger partial charge < -0.3 is 24.4 Å². The fourth-order valence-electron chi connectivity index (χ4n) is 1.93. The first-order valence-electron chi connectivity index (χ1n) is 7.31. The Kier molecular flexibility index (Phi) is 8.82. The van der Waals surface area contributed by atoms with E-state index >= 15 is 0 Å². The first kappa shape index (κ1) is 17.8. The van der Waals surface area contributed by atoms with Gasteiger partial charge in [0.1, 0.15) is 0 Å². The minimum Gasteiger partial charge on any atom is -0.383 e. The van der Waals surface area contributed by atoms with Crippen LogP contribution in [0.4, 0.5) is 11.4 Å². The lowest BCUT2D eigenvalue weighted by atomic mass is 10.1. The smallest absolute Gasteiger partial charge is 0.0701 e. The number of nitrogens with zero attached hydrogens (tertiary/aromatic N) is 1. The van der Waals surface area contributed by atoms with E-state index in [9.17, 15) is 0 Å². The number of hydrogen-bond acceptors (Lipinski definition) is 5. The highest BCUT2D eigenvalue weighted by atomic mass is 16.5. The number of rotatable bonds is 11. The quantitative estimate of drug-likeness (QED) is 0.634. The molecule has 0 unspecified atom stereocenters. The summed E-state index contributed by atoms with van der Waals surface area (Å²) in [6.07, 6.45) is 0. The summed E-state index contributed by atoms with van der Waals surface area (Å²) in [5.41, 5.74) is 3.62. The Bertz CT molecular complexity index is 397. The van der Waals surface area contributed by atoms with Crippen molar-refractivity contribution in [2.24, 2.45) is 0 Å². The minimum atomic E-state index is 0.610. The maximum absolute atomic E-state index is 5.50. The Labute approximate surface area is 128 Å². The lowest BCUT2D eigenvalue weighted by Crippen LogP contribution is -2.14. The third-order valence-corrected chi connectivity index (χ3v) is 3.07. The van der Waals surface area contributed by atoms with E-state index in [2.05, 4.69) is 49.4 Å². The van der Waals surface area contributed by atoms with Crippen LogP contribution in [0.5, 0.6) is 0 Å². The fraction of sp³-hybridized carbons (Fsp3) is 0.625. The minimum absolute atomic E-state index is 0.610. The molecule has 5 heteroatoms. The van der Waals surface area contributed by atoms with E-state index in [1.807, 2.05) is 0 Å². The van der Waals surface area contributed by atoms with Crippen LogP contribution in [0, 0.1) is 6.92 Å². The van der Waals surface area contributed by atoms with Gasteiger partial charge in [-0.05, 0) is 24.6 Å². The van der Waals surface area contributed by atoms with Crippen molar-refractivity contribution < 1.29 is 14.2 Å². The zero-order chi connectivity index (χ0) is 15.5. The first-order valence-corrected chi connectivity index (χ1v) is 7.31. The van der Waals surface area contributed by atoms with Crippen LogP contribution in [-0.4, -0.2) is 60.8 Å². The Morgan fingerprint density at radius 2 is 1.67 bits per heavy atom. The molecule has 0 aliphatic rings. The molecule has 5 nitrogen and oxygen atoms in total. The van der Waals surface area contributed by atoms with Crippen LogP contribution in [0.3, 0.4) is 0 Å². The van der Waals surface area contributed by atoms with Crippen molar-refractivity contribution in [3.05, 3.63) is 23.8 Å². The van der Waals surface area contributed by atoms with Crippen molar-refractivity contribution >= 4 is 11.4 Å². The average molecular weight is 296 g/mol. The molecule has 0 atom stereocenters. The normalized spacial score (nSPS) is 10.7. The van der Waals surface area contributed by atoms with Gasteiger partial charge in [0, 0.05) is 39.1 Å². The predicted octanol–water partition coefficient (Wildman–Crippen LogP) is 2.15. The second-order valence-electron chi connectivity index (χ2n) is 5.04. The lowest BCUT2D eigenvalue weighted by molar-refractivity contribution is 0.0272. The molecule has 0 heterocycles. The number of hydrogen-bond donors (Lipinski definition) is 1. The summed E-state index contributed by atoms with van der Waals surface area (Å²) in [6, 6.07) is 6.38. The van der Waals surface area contributed by atoms with Crippen LogP contribution >= 0.6 is 0 Å². The number of anilines is 2. The maximum atomic E-state index is 5.50. The molecule has 0 aliphatic carbocycles. The van der Waals surface area contributed by atoms with Crippen molar-refractivity contribution in [1.29, 1.82) is 0 Å². The molecule has 0 saturated carbocycles. The average Bonchev–Trinajstić information content (AvgIpc) is 2.47. The molecule has 0 saturated heterocycles. The molecule has 1 rings (SSSR count). The van der Waals surface area contributed by atoms with Gasteiger partial charge in [-0.2, -0.15) is 0 Å². The Balaban J connectivity index is 2.14. The summed E-state index contributed by atoms with van der Waals surface area (Å²) < 4.78 is 15.7. The van der Waals surface area contributed by atoms with Gasteiger partial charge >= 0.3 is 0 Å². The molecular formula is C16H28N2O3. The van der Waals surface area contributed by atoms with Gasteiger partial charge in [0.25, 0.3) is 0 Å². The third-order valence-electron chi connectivity index (χ3n) is 3.07. The summed E-state index contributed by atoms with van der Waals surface area (Å²) in [5, 5.41) is 3.37. The number of methoxy groups -OCH3 is 1. The van der Waals surface area contributed by atoms with E-state index in [1.54, 1.807) is 7.11 Å². The molecule has 0 spiro atoms. The zero-order valence-corrected chi connectivity index (χ0v) is 13.6. The summed E-state index contributed by atoms with van der Waals surface area (Å²) in [4.78, 5) is 2.12. The number of ether oxygens (including phenoxy) is 3. The van der Waals surface area contributed by atoms with E-state index < -0.39 is 0 Å². The van der Waals surface area contributed by atoms with Gasteiger partial charge in [0.15, 0.2) is 0 Å². The topological polar surface area (TPSA) is 43.0 Å². The molecule has 0 aromatic heterocycles. The number of aryl methyl sites for hydroxylation is 1. The third kappa shape index (κ3) is 7.32. The molecule has 1 N–H and O–H groups in total. The van der Waals surface area contributed by atoms with Crippen LogP contribution < -0.4 is 10.2 Å². The summed E-state index contributed by atoms with van der Waals surface area (Å²) in [6.45, 7) is 6.04. The summed E-state index contributed by atoms with van der Waals surface area (Å²) in [5.74, 6) is 0. The van der Waals surface area contributed by atoms with Crippen molar-refractivity contribution in [2.45, 2.75) is 6.92 Å². The van der Waals surface area contributed by atoms with Crippen molar-refractivity contribution in [3.63, 3.8) is 0 Å². The predicted molar refractivity (Wildman–Crippen MR) is 87.5 cm³/mol. The molecule has 0 bridgehead atoms. The van der Waals surface area contributed by atoms with Gasteiger partial charge in [-0.3, -0.25) is 0 Å². The standard InChI is InChI=1S/C16H28N2O3/c1-14-5-6-15(13-16(14)18(2)3)17-7-8-20-11-12-21-10-9-19-4/h5-6,13,17H,7-12H2,1-4H3. The van der Waals surface area contributed by atoms with E-state index in [1.165, 1.54) is 11.3 Å². The van der Waals surface area contributed by atoms with Crippen LogP contribution in [-0.2, 0) is 14.2 Å². The van der Waals surface area contributed by atoms with Crippen molar-refractivity contribution in [1.82, 2.24) is 0 Å². The maximum Gasteiger partial charge on any atom is 0.0701 e. The van der Waals surface area contributed by atoms with Crippen LogP contribution in [0.2, 0.25) is 0 Å². The van der Waals surface area contributed by atoms with Gasteiger partial charge in [0.05, 0.1) is 33.0 Å². The molecule has 1 aromatic carbocycles. The second kappa shape index (κ2) is 10.4. The largest absolute Gasteiger partial charge is 0.383 e. The zero-order valence-electron chi connectivity index (χ0n) is 13.6. The van der Waals surface area contributed by atoms with Crippen LogP contribution in [0.25, 0.3) is 0 Å². The Hall–Kier alpha value is -1.30. The molecule has 0 radical (unpaired) electrons. The SMILES string of the molecule is COCCOCCOCCNc1ccc(C)c(N(C)C)c1. The highest BCUT2D eigenvalue weighted by Crippen LogP contribution is 2.22. The Morgan fingerprint density at radius 3 is 2.33 bits per heavy atom. The monoisotopic (exact) mass is 296 g/mol. The van der Waals surface area contributed by atoms with Crippen LogP contribution in [0.1, 0.15) is 5.56 Å². The van der Waals surface area contributed by atoms with Gasteiger partial charge in [0.2, 0.25) is 0 Å². The second-order valence-corrected chi connectivity index (χ2v) is 5.04. The molecule has 0 aliphatic heterocycles. The van der Waals surface area contributed by atoms with E-state index in [0.717, 1.165) is 12.2 Å². The van der Waals surface area contributed by atoms with E-state index in [-0.39, 0.29) is 0 Å². The van der Waals surface area contributed by atoms with Crippen molar-refractivity contribution in [2.75, 3.05) is 71.0 Å². The molecule has 0 amide bonds. The number of benzene rings is 1. The first-order chi connectivity index (χ1) is 10.1. The number of nitrogens with one attached hydrogen (secondary N) is 1. The van der Waals surface area contributed by atoms with Gasteiger partial charge in [-0.1, -0.05) is 6.07 Å².